The quantitative estimate of drug-likeness (QED) is 0.171. The van der Waals surface area contributed by atoms with Gasteiger partial charge in [-0.15, -0.1) is 6.58 Å². The van der Waals surface area contributed by atoms with Gasteiger partial charge in [0, 0.05) is 0 Å². The van der Waals surface area contributed by atoms with Gasteiger partial charge in [0.05, 0.1) is 0 Å². The van der Waals surface area contributed by atoms with Crippen molar-refractivity contribution in [2.75, 3.05) is 0 Å². The van der Waals surface area contributed by atoms with Gasteiger partial charge in [-0.3, -0.25) is 0 Å². The SMILES string of the molecule is C=CC1CCC(C2CCC(c3ccc(-c4ccc(C5=CC=C(CCCCCCCC)C(F)C5F)cc4)cc3F)CC2)CC1. The second-order valence-corrected chi connectivity index (χ2v) is 13.5. The first kappa shape index (κ1) is 31.9. The maximum atomic E-state index is 15.4. The summed E-state index contributed by atoms with van der Waals surface area (Å²) in [6.07, 6.45) is 19.6. The summed E-state index contributed by atoms with van der Waals surface area (Å²) < 4.78 is 45.6. The van der Waals surface area contributed by atoms with Gasteiger partial charge in [-0.2, -0.15) is 0 Å². The smallest absolute Gasteiger partial charge is 0.161 e. The third kappa shape index (κ3) is 7.95. The maximum Gasteiger partial charge on any atom is 0.161 e. The van der Waals surface area contributed by atoms with Crippen LogP contribution in [0.2, 0.25) is 0 Å². The number of allylic oxidation sites excluding steroid dienone is 5. The zero-order valence-electron chi connectivity index (χ0n) is 26.2. The van der Waals surface area contributed by atoms with Gasteiger partial charge in [-0.05, 0) is 127 Å². The topological polar surface area (TPSA) is 0 Å². The van der Waals surface area contributed by atoms with E-state index in [1.165, 1.54) is 57.8 Å². The Morgan fingerprint density at radius 2 is 1.30 bits per heavy atom. The molecular formula is C40H51F3. The van der Waals surface area contributed by atoms with Gasteiger partial charge >= 0.3 is 0 Å². The Hall–Kier alpha value is -2.55. The van der Waals surface area contributed by atoms with Crippen molar-refractivity contribution in [3.63, 3.8) is 0 Å². The molecule has 0 amide bonds. The Labute approximate surface area is 258 Å². The molecule has 2 aromatic carbocycles. The summed E-state index contributed by atoms with van der Waals surface area (Å²) in [5, 5.41) is 0. The number of hydrogen-bond donors (Lipinski definition) is 0. The summed E-state index contributed by atoms with van der Waals surface area (Å²) in [6, 6.07) is 13.1. The van der Waals surface area contributed by atoms with Gasteiger partial charge in [-0.1, -0.05) is 93.7 Å². The molecule has 232 valence electrons. The van der Waals surface area contributed by atoms with Crippen LogP contribution in [-0.4, -0.2) is 12.3 Å². The van der Waals surface area contributed by atoms with Crippen molar-refractivity contribution in [3.05, 3.63) is 89.8 Å². The second-order valence-electron chi connectivity index (χ2n) is 13.5. The van der Waals surface area contributed by atoms with E-state index < -0.39 is 12.3 Å². The molecule has 2 unspecified atom stereocenters. The lowest BCUT2D eigenvalue weighted by Crippen LogP contribution is -2.25. The van der Waals surface area contributed by atoms with Crippen LogP contribution in [0.3, 0.4) is 0 Å². The molecule has 43 heavy (non-hydrogen) atoms. The minimum absolute atomic E-state index is 0.126. The van der Waals surface area contributed by atoms with E-state index >= 15 is 13.2 Å². The zero-order valence-corrected chi connectivity index (χ0v) is 26.2. The minimum Gasteiger partial charge on any atom is -0.239 e. The fourth-order valence-corrected chi connectivity index (χ4v) is 7.96. The molecule has 5 rings (SSSR count). The molecule has 2 saturated carbocycles. The lowest BCUT2D eigenvalue weighted by molar-refractivity contribution is 0.171. The van der Waals surface area contributed by atoms with E-state index in [0.29, 0.717) is 35.0 Å². The fourth-order valence-electron chi connectivity index (χ4n) is 7.96. The number of halogens is 3. The molecule has 0 spiro atoms. The summed E-state index contributed by atoms with van der Waals surface area (Å²) in [4.78, 5) is 0. The molecule has 2 atom stereocenters. The Balaban J connectivity index is 1.16. The number of alkyl halides is 2. The van der Waals surface area contributed by atoms with Crippen molar-refractivity contribution in [1.29, 1.82) is 0 Å². The van der Waals surface area contributed by atoms with E-state index in [-0.39, 0.29) is 5.82 Å². The van der Waals surface area contributed by atoms with Crippen LogP contribution in [0.5, 0.6) is 0 Å². The van der Waals surface area contributed by atoms with E-state index in [2.05, 4.69) is 19.6 Å². The summed E-state index contributed by atoms with van der Waals surface area (Å²) in [7, 11) is 0. The fraction of sp³-hybridized carbons (Fsp3) is 0.550. The highest BCUT2D eigenvalue weighted by molar-refractivity contribution is 5.75. The van der Waals surface area contributed by atoms with Crippen LogP contribution in [0, 0.1) is 23.6 Å². The molecule has 0 heterocycles. The highest BCUT2D eigenvalue weighted by Crippen LogP contribution is 2.45. The molecule has 2 aromatic rings. The molecule has 3 aliphatic carbocycles. The summed E-state index contributed by atoms with van der Waals surface area (Å²) in [5.41, 5.74) is 4.19. The lowest BCUT2D eigenvalue weighted by Gasteiger charge is -2.37. The number of unbranched alkanes of at least 4 members (excludes halogenated alkanes) is 5. The van der Waals surface area contributed by atoms with Crippen LogP contribution in [0.15, 0.2) is 72.8 Å². The molecule has 0 aliphatic heterocycles. The van der Waals surface area contributed by atoms with E-state index in [4.69, 9.17) is 0 Å². The predicted octanol–water partition coefficient (Wildman–Crippen LogP) is 12.5. The van der Waals surface area contributed by atoms with E-state index in [9.17, 15) is 0 Å². The Bertz CT molecular complexity index is 1240. The van der Waals surface area contributed by atoms with Crippen LogP contribution in [0.25, 0.3) is 16.7 Å². The molecule has 3 aliphatic rings. The highest BCUT2D eigenvalue weighted by Gasteiger charge is 2.32. The van der Waals surface area contributed by atoms with Crippen molar-refractivity contribution >= 4 is 5.57 Å². The zero-order chi connectivity index (χ0) is 30.2. The average molecular weight is 589 g/mol. The van der Waals surface area contributed by atoms with Crippen molar-refractivity contribution in [3.8, 4) is 11.1 Å². The van der Waals surface area contributed by atoms with Crippen molar-refractivity contribution in [2.45, 2.75) is 121 Å². The number of hydrogen-bond acceptors (Lipinski definition) is 0. The van der Waals surface area contributed by atoms with Crippen molar-refractivity contribution < 1.29 is 13.2 Å². The number of rotatable bonds is 12. The Morgan fingerprint density at radius 3 is 1.95 bits per heavy atom. The van der Waals surface area contributed by atoms with E-state index in [1.807, 2.05) is 36.4 Å². The largest absolute Gasteiger partial charge is 0.239 e. The molecule has 0 nitrogen and oxygen atoms in total. The molecule has 0 saturated heterocycles. The Kier molecular flexibility index (Phi) is 11.4. The molecule has 0 N–H and O–H groups in total. The first-order valence-corrected chi connectivity index (χ1v) is 17.2. The van der Waals surface area contributed by atoms with Crippen LogP contribution in [0.4, 0.5) is 13.2 Å². The summed E-state index contributed by atoms with van der Waals surface area (Å²) in [5.74, 6) is 2.50. The van der Waals surface area contributed by atoms with Gasteiger partial charge in [0.15, 0.2) is 12.3 Å². The van der Waals surface area contributed by atoms with E-state index in [1.54, 1.807) is 18.2 Å². The van der Waals surface area contributed by atoms with Crippen molar-refractivity contribution in [1.82, 2.24) is 0 Å². The average Bonchev–Trinajstić information content (AvgIpc) is 3.05. The van der Waals surface area contributed by atoms with Crippen LogP contribution in [-0.2, 0) is 0 Å². The molecule has 3 heteroatoms. The monoisotopic (exact) mass is 588 g/mol. The summed E-state index contributed by atoms with van der Waals surface area (Å²) >= 11 is 0. The van der Waals surface area contributed by atoms with Crippen LogP contribution < -0.4 is 0 Å². The summed E-state index contributed by atoms with van der Waals surface area (Å²) in [6.45, 7) is 6.17. The standard InChI is InChI=1S/C40H51F3/c1-3-5-6-7-8-9-10-34-23-26-37(40(43)39(34)42)33-21-17-31(18-22-33)35-24-25-36(38(41)27-35)32-19-15-30(16-20-32)29-13-11-28(4-2)12-14-29/h4,17-18,21-30,32,39-40H,2-3,5-16,19-20H2,1H3. The first-order chi connectivity index (χ1) is 21.0. The van der Waals surface area contributed by atoms with Gasteiger partial charge in [-0.25, -0.2) is 13.2 Å². The minimum atomic E-state index is -1.65. The van der Waals surface area contributed by atoms with Crippen molar-refractivity contribution in [2.24, 2.45) is 17.8 Å². The molecule has 0 bridgehead atoms. The Morgan fingerprint density at radius 1 is 0.698 bits per heavy atom. The highest BCUT2D eigenvalue weighted by atomic mass is 19.2. The third-order valence-corrected chi connectivity index (χ3v) is 10.8. The molecule has 0 aromatic heterocycles. The van der Waals surface area contributed by atoms with Gasteiger partial charge in [0.1, 0.15) is 5.82 Å². The third-order valence-electron chi connectivity index (χ3n) is 10.8. The molecule has 2 fully saturated rings. The first-order valence-electron chi connectivity index (χ1n) is 17.2. The van der Waals surface area contributed by atoms with Gasteiger partial charge in [0.25, 0.3) is 0 Å². The second kappa shape index (κ2) is 15.4. The predicted molar refractivity (Wildman–Crippen MR) is 176 cm³/mol. The van der Waals surface area contributed by atoms with Crippen LogP contribution >= 0.6 is 0 Å². The molecule has 0 radical (unpaired) electrons. The van der Waals surface area contributed by atoms with Crippen LogP contribution in [0.1, 0.15) is 120 Å². The number of benzene rings is 2. The molecular weight excluding hydrogens is 537 g/mol. The normalized spacial score (nSPS) is 27.8. The maximum absolute atomic E-state index is 15.4. The van der Waals surface area contributed by atoms with Gasteiger partial charge in [0.2, 0.25) is 0 Å². The van der Waals surface area contributed by atoms with Gasteiger partial charge < -0.3 is 0 Å². The lowest BCUT2D eigenvalue weighted by atomic mass is 9.68. The van der Waals surface area contributed by atoms with E-state index in [0.717, 1.165) is 60.6 Å².